The first-order valence-corrected chi connectivity index (χ1v) is 4.50. The van der Waals surface area contributed by atoms with Gasteiger partial charge in [-0.1, -0.05) is 0 Å². The fourth-order valence-electron chi connectivity index (χ4n) is 1.69. The lowest BCUT2D eigenvalue weighted by atomic mass is 9.90. The first-order valence-electron chi connectivity index (χ1n) is 4.50. The zero-order valence-corrected chi connectivity index (χ0v) is 8.93. The van der Waals surface area contributed by atoms with E-state index in [1.54, 1.807) is 0 Å². The van der Waals surface area contributed by atoms with Crippen LogP contribution in [0.5, 0.6) is 0 Å². The van der Waals surface area contributed by atoms with Crippen molar-refractivity contribution in [2.24, 2.45) is 0 Å². The summed E-state index contributed by atoms with van der Waals surface area (Å²) in [7, 11) is 0. The Labute approximate surface area is 84.2 Å². The second-order valence-corrected chi connectivity index (χ2v) is 3.52. The Morgan fingerprint density at radius 2 is 1.43 bits per heavy atom. The minimum atomic E-state index is 0.700. The number of rotatable bonds is 1. The number of hydrogen-bond donors (Lipinski definition) is 0. The molecular weight excluding hydrogens is 174 g/mol. The van der Waals surface area contributed by atoms with Crippen LogP contribution in [0.15, 0.2) is 0 Å². The minimum absolute atomic E-state index is 0.700. The third-order valence-corrected chi connectivity index (χ3v) is 2.91. The number of aldehydes is 1. The largest absolute Gasteiger partial charge is 0.298 e. The fourth-order valence-corrected chi connectivity index (χ4v) is 1.69. The van der Waals surface area contributed by atoms with Gasteiger partial charge >= 0.3 is 0 Å². The van der Waals surface area contributed by atoms with E-state index in [0.717, 1.165) is 34.1 Å². The van der Waals surface area contributed by atoms with Gasteiger partial charge < -0.3 is 0 Å². The standard InChI is InChI=1S/C12H13NO/c1-7-9(3)12(6-14)10(4)8(2)11(7)5-13/h6H,1-4H3. The van der Waals surface area contributed by atoms with Gasteiger partial charge in [-0.3, -0.25) is 4.79 Å². The van der Waals surface area contributed by atoms with Gasteiger partial charge in [-0.2, -0.15) is 5.26 Å². The molecule has 0 amide bonds. The van der Waals surface area contributed by atoms with E-state index >= 15 is 0 Å². The van der Waals surface area contributed by atoms with E-state index in [1.165, 1.54) is 0 Å². The summed E-state index contributed by atoms with van der Waals surface area (Å²) in [5, 5.41) is 8.97. The molecule has 0 aliphatic rings. The van der Waals surface area contributed by atoms with Gasteiger partial charge in [0.1, 0.15) is 0 Å². The van der Waals surface area contributed by atoms with E-state index in [1.807, 2.05) is 27.7 Å². The molecule has 2 heteroatoms. The number of carbonyl (C=O) groups excluding carboxylic acids is 1. The van der Waals surface area contributed by atoms with Gasteiger partial charge in [0.15, 0.2) is 6.29 Å². The first-order chi connectivity index (χ1) is 6.54. The maximum Gasteiger partial charge on any atom is 0.150 e. The monoisotopic (exact) mass is 187 g/mol. The van der Waals surface area contributed by atoms with Crippen LogP contribution in [0.2, 0.25) is 0 Å². The molecule has 0 aromatic heterocycles. The Morgan fingerprint density at radius 1 is 1.00 bits per heavy atom. The highest BCUT2D eigenvalue weighted by atomic mass is 16.1. The average Bonchev–Trinajstić information content (AvgIpc) is 2.17. The first kappa shape index (κ1) is 10.5. The zero-order chi connectivity index (χ0) is 10.9. The third-order valence-electron chi connectivity index (χ3n) is 2.91. The van der Waals surface area contributed by atoms with E-state index in [4.69, 9.17) is 5.26 Å². The lowest BCUT2D eigenvalue weighted by molar-refractivity contribution is 0.112. The van der Waals surface area contributed by atoms with Gasteiger partial charge in [-0.25, -0.2) is 0 Å². The second-order valence-electron chi connectivity index (χ2n) is 3.52. The summed E-state index contributed by atoms with van der Waals surface area (Å²) in [5.41, 5.74) is 5.08. The van der Waals surface area contributed by atoms with Crippen LogP contribution in [0.25, 0.3) is 0 Å². The summed E-state index contributed by atoms with van der Waals surface area (Å²) < 4.78 is 0. The van der Waals surface area contributed by atoms with Crippen molar-refractivity contribution < 1.29 is 4.79 Å². The molecule has 0 N–H and O–H groups in total. The quantitative estimate of drug-likeness (QED) is 0.634. The molecule has 0 bridgehead atoms. The average molecular weight is 187 g/mol. The van der Waals surface area contributed by atoms with Gasteiger partial charge in [0.2, 0.25) is 0 Å². The molecule has 72 valence electrons. The van der Waals surface area contributed by atoms with Crippen LogP contribution in [-0.2, 0) is 0 Å². The van der Waals surface area contributed by atoms with Gasteiger partial charge in [-0.05, 0) is 49.9 Å². The highest BCUT2D eigenvalue weighted by Gasteiger charge is 2.13. The van der Waals surface area contributed by atoms with Crippen molar-refractivity contribution in [3.63, 3.8) is 0 Å². The molecule has 1 aromatic carbocycles. The maximum atomic E-state index is 10.9. The third kappa shape index (κ3) is 1.31. The van der Waals surface area contributed by atoms with Crippen LogP contribution in [0, 0.1) is 39.0 Å². The smallest absolute Gasteiger partial charge is 0.150 e. The zero-order valence-electron chi connectivity index (χ0n) is 8.93. The van der Waals surface area contributed by atoms with Crippen molar-refractivity contribution in [3.8, 4) is 6.07 Å². The van der Waals surface area contributed by atoms with Crippen LogP contribution in [0.4, 0.5) is 0 Å². The predicted octanol–water partition coefficient (Wildman–Crippen LogP) is 2.60. The summed E-state index contributed by atoms with van der Waals surface area (Å²) >= 11 is 0. The minimum Gasteiger partial charge on any atom is -0.298 e. The van der Waals surface area contributed by atoms with Gasteiger partial charge in [0, 0.05) is 5.56 Å². The predicted molar refractivity (Wildman–Crippen MR) is 55.5 cm³/mol. The Balaban J connectivity index is 3.74. The second kappa shape index (κ2) is 3.63. The molecule has 0 aliphatic carbocycles. The van der Waals surface area contributed by atoms with Crippen LogP contribution in [0.3, 0.4) is 0 Å². The molecule has 0 atom stereocenters. The van der Waals surface area contributed by atoms with Gasteiger partial charge in [0.25, 0.3) is 0 Å². The number of nitriles is 1. The number of hydrogen-bond acceptors (Lipinski definition) is 2. The molecule has 0 spiro atoms. The molecule has 1 rings (SSSR count). The lowest BCUT2D eigenvalue weighted by Crippen LogP contribution is -2.02. The molecule has 14 heavy (non-hydrogen) atoms. The van der Waals surface area contributed by atoms with Crippen molar-refractivity contribution >= 4 is 6.29 Å². The molecular formula is C12H13NO. The SMILES string of the molecule is Cc1c(C)c(C=O)c(C)c(C)c1C#N. The Hall–Kier alpha value is -1.62. The lowest BCUT2D eigenvalue weighted by Gasteiger charge is -2.12. The number of carbonyl (C=O) groups is 1. The Morgan fingerprint density at radius 3 is 1.71 bits per heavy atom. The van der Waals surface area contributed by atoms with Crippen molar-refractivity contribution in [1.29, 1.82) is 5.26 Å². The fraction of sp³-hybridized carbons (Fsp3) is 0.333. The van der Waals surface area contributed by atoms with Crippen molar-refractivity contribution in [2.75, 3.05) is 0 Å². The van der Waals surface area contributed by atoms with Crippen LogP contribution in [-0.4, -0.2) is 6.29 Å². The number of nitrogens with zero attached hydrogens (tertiary/aromatic N) is 1. The van der Waals surface area contributed by atoms with E-state index < -0.39 is 0 Å². The number of benzene rings is 1. The molecule has 1 aromatic rings. The summed E-state index contributed by atoms with van der Waals surface area (Å²) in [5.74, 6) is 0. The van der Waals surface area contributed by atoms with Crippen molar-refractivity contribution in [3.05, 3.63) is 33.4 Å². The summed E-state index contributed by atoms with van der Waals surface area (Å²) in [6.07, 6.45) is 0.867. The van der Waals surface area contributed by atoms with Gasteiger partial charge in [0.05, 0.1) is 11.6 Å². The summed E-state index contributed by atoms with van der Waals surface area (Å²) in [6, 6.07) is 2.18. The molecule has 0 radical (unpaired) electrons. The van der Waals surface area contributed by atoms with E-state index in [2.05, 4.69) is 6.07 Å². The molecule has 0 heterocycles. The molecule has 0 aliphatic heterocycles. The van der Waals surface area contributed by atoms with Crippen LogP contribution in [0.1, 0.15) is 38.2 Å². The van der Waals surface area contributed by atoms with E-state index in [0.29, 0.717) is 5.56 Å². The van der Waals surface area contributed by atoms with Gasteiger partial charge in [-0.15, -0.1) is 0 Å². The summed E-state index contributed by atoms with van der Waals surface area (Å²) in [6.45, 7) is 7.53. The topological polar surface area (TPSA) is 40.9 Å². The van der Waals surface area contributed by atoms with Crippen LogP contribution >= 0.6 is 0 Å². The van der Waals surface area contributed by atoms with Crippen LogP contribution < -0.4 is 0 Å². The molecule has 0 unspecified atom stereocenters. The normalized spacial score (nSPS) is 9.64. The highest BCUT2D eigenvalue weighted by Crippen LogP contribution is 2.24. The van der Waals surface area contributed by atoms with E-state index in [-0.39, 0.29) is 0 Å². The van der Waals surface area contributed by atoms with Crippen molar-refractivity contribution in [2.45, 2.75) is 27.7 Å². The molecule has 2 nitrogen and oxygen atoms in total. The molecule has 0 saturated carbocycles. The Bertz CT molecular complexity index is 410. The molecule has 0 fully saturated rings. The van der Waals surface area contributed by atoms with E-state index in [9.17, 15) is 4.79 Å². The Kier molecular flexibility index (Phi) is 2.71. The summed E-state index contributed by atoms with van der Waals surface area (Å²) in [4.78, 5) is 10.9. The highest BCUT2D eigenvalue weighted by molar-refractivity contribution is 5.82. The van der Waals surface area contributed by atoms with Crippen molar-refractivity contribution in [1.82, 2.24) is 0 Å². The molecule has 0 saturated heterocycles. The maximum absolute atomic E-state index is 10.9.